The van der Waals surface area contributed by atoms with E-state index >= 15 is 0 Å². The van der Waals surface area contributed by atoms with Crippen LogP contribution in [0.1, 0.15) is 25.7 Å². The minimum absolute atomic E-state index is 0.281. The van der Waals surface area contributed by atoms with Crippen molar-refractivity contribution in [1.29, 1.82) is 0 Å². The summed E-state index contributed by atoms with van der Waals surface area (Å²) in [6.45, 7) is 0. The number of carbonyl (C=O) groups is 1. The van der Waals surface area contributed by atoms with Crippen LogP contribution in [0.2, 0.25) is 0 Å². The van der Waals surface area contributed by atoms with E-state index in [1.54, 1.807) is 6.08 Å². The lowest BCUT2D eigenvalue weighted by Crippen LogP contribution is -2.13. The maximum absolute atomic E-state index is 10.7. The SMILES string of the molecule is O=C1C=C(NC2CC2)CC1. The Hall–Kier alpha value is -0.790. The molecule has 54 valence electrons. The Morgan fingerprint density at radius 1 is 1.40 bits per heavy atom. The van der Waals surface area contributed by atoms with Gasteiger partial charge in [0.15, 0.2) is 5.78 Å². The van der Waals surface area contributed by atoms with Crippen LogP contribution >= 0.6 is 0 Å². The van der Waals surface area contributed by atoms with Gasteiger partial charge < -0.3 is 5.32 Å². The fourth-order valence-corrected chi connectivity index (χ4v) is 1.20. The summed E-state index contributed by atoms with van der Waals surface area (Å²) in [5.41, 5.74) is 1.16. The predicted octanol–water partition coefficient (Wildman–Crippen LogP) is 0.985. The van der Waals surface area contributed by atoms with Crippen molar-refractivity contribution in [1.82, 2.24) is 5.32 Å². The quantitative estimate of drug-likeness (QED) is 0.614. The van der Waals surface area contributed by atoms with Gasteiger partial charge in [0.05, 0.1) is 0 Å². The second-order valence-electron chi connectivity index (χ2n) is 3.05. The number of carbonyl (C=O) groups excluding carboxylic acids is 1. The maximum Gasteiger partial charge on any atom is 0.157 e. The lowest BCUT2D eigenvalue weighted by atomic mass is 10.3. The molecule has 0 saturated heterocycles. The Morgan fingerprint density at radius 2 is 2.20 bits per heavy atom. The summed E-state index contributed by atoms with van der Waals surface area (Å²) in [6.07, 6.45) is 5.97. The zero-order valence-corrected chi connectivity index (χ0v) is 5.89. The number of nitrogens with one attached hydrogen (secondary N) is 1. The van der Waals surface area contributed by atoms with Crippen LogP contribution in [-0.4, -0.2) is 11.8 Å². The third kappa shape index (κ3) is 1.20. The topological polar surface area (TPSA) is 29.1 Å². The fraction of sp³-hybridized carbons (Fsp3) is 0.625. The van der Waals surface area contributed by atoms with Gasteiger partial charge in [-0.2, -0.15) is 0 Å². The molecule has 2 nitrogen and oxygen atoms in total. The van der Waals surface area contributed by atoms with E-state index in [0.29, 0.717) is 6.04 Å². The summed E-state index contributed by atoms with van der Waals surface area (Å²) >= 11 is 0. The molecule has 1 N–H and O–H groups in total. The van der Waals surface area contributed by atoms with Gasteiger partial charge in [-0.15, -0.1) is 0 Å². The first-order valence-corrected chi connectivity index (χ1v) is 3.84. The fourth-order valence-electron chi connectivity index (χ4n) is 1.20. The van der Waals surface area contributed by atoms with E-state index in [-0.39, 0.29) is 5.78 Å². The average molecular weight is 137 g/mol. The van der Waals surface area contributed by atoms with Crippen molar-refractivity contribution < 1.29 is 4.79 Å². The Kier molecular flexibility index (Phi) is 1.26. The Balaban J connectivity index is 1.91. The lowest BCUT2D eigenvalue weighted by molar-refractivity contribution is -0.114. The molecule has 0 bridgehead atoms. The monoisotopic (exact) mass is 137 g/mol. The second-order valence-corrected chi connectivity index (χ2v) is 3.05. The molecule has 0 unspecified atom stereocenters. The molecule has 0 aromatic rings. The number of hydrogen-bond acceptors (Lipinski definition) is 2. The molecule has 2 rings (SSSR count). The zero-order chi connectivity index (χ0) is 6.97. The van der Waals surface area contributed by atoms with Crippen LogP contribution in [0.25, 0.3) is 0 Å². The largest absolute Gasteiger partial charge is 0.385 e. The molecule has 1 fully saturated rings. The van der Waals surface area contributed by atoms with Gasteiger partial charge in [0.25, 0.3) is 0 Å². The van der Waals surface area contributed by atoms with E-state index in [2.05, 4.69) is 5.32 Å². The van der Waals surface area contributed by atoms with E-state index in [9.17, 15) is 4.79 Å². The lowest BCUT2D eigenvalue weighted by Gasteiger charge is -2.01. The highest BCUT2D eigenvalue weighted by molar-refractivity contribution is 5.92. The molecule has 0 radical (unpaired) electrons. The van der Waals surface area contributed by atoms with Gasteiger partial charge in [0, 0.05) is 24.2 Å². The molecule has 2 heteroatoms. The molecule has 10 heavy (non-hydrogen) atoms. The Morgan fingerprint density at radius 3 is 2.70 bits per heavy atom. The van der Waals surface area contributed by atoms with Gasteiger partial charge >= 0.3 is 0 Å². The third-order valence-electron chi connectivity index (χ3n) is 1.94. The molecule has 0 atom stereocenters. The van der Waals surface area contributed by atoms with Crippen LogP contribution in [0.4, 0.5) is 0 Å². The highest BCUT2D eigenvalue weighted by atomic mass is 16.1. The summed E-state index contributed by atoms with van der Waals surface area (Å²) in [5.74, 6) is 0.281. The molecule has 0 heterocycles. The first kappa shape index (κ1) is 5.96. The van der Waals surface area contributed by atoms with Gasteiger partial charge in [-0.1, -0.05) is 0 Å². The minimum atomic E-state index is 0.281. The number of allylic oxidation sites excluding steroid dienone is 2. The van der Waals surface area contributed by atoms with Gasteiger partial charge in [-0.05, 0) is 19.3 Å². The van der Waals surface area contributed by atoms with Gasteiger partial charge in [0.2, 0.25) is 0 Å². The van der Waals surface area contributed by atoms with Crippen molar-refractivity contribution in [2.45, 2.75) is 31.7 Å². The Labute approximate surface area is 60.3 Å². The van der Waals surface area contributed by atoms with E-state index < -0.39 is 0 Å². The van der Waals surface area contributed by atoms with Crippen molar-refractivity contribution in [3.8, 4) is 0 Å². The van der Waals surface area contributed by atoms with Crippen LogP contribution < -0.4 is 5.32 Å². The van der Waals surface area contributed by atoms with Crippen molar-refractivity contribution in [3.05, 3.63) is 11.8 Å². The summed E-state index contributed by atoms with van der Waals surface area (Å²) in [6, 6.07) is 0.692. The molecule has 0 aliphatic heterocycles. The maximum atomic E-state index is 10.7. The van der Waals surface area contributed by atoms with Crippen molar-refractivity contribution >= 4 is 5.78 Å². The second kappa shape index (κ2) is 2.11. The summed E-state index contributed by atoms with van der Waals surface area (Å²) < 4.78 is 0. The minimum Gasteiger partial charge on any atom is -0.385 e. The van der Waals surface area contributed by atoms with E-state index in [0.717, 1.165) is 18.5 Å². The third-order valence-corrected chi connectivity index (χ3v) is 1.94. The molecule has 2 aliphatic carbocycles. The van der Waals surface area contributed by atoms with E-state index in [4.69, 9.17) is 0 Å². The standard InChI is InChI=1S/C8H11NO/c10-8-4-3-7(5-8)9-6-1-2-6/h5-6,9H,1-4H2. The van der Waals surface area contributed by atoms with Crippen LogP contribution in [-0.2, 0) is 4.79 Å². The van der Waals surface area contributed by atoms with E-state index in [1.807, 2.05) is 0 Å². The summed E-state index contributed by atoms with van der Waals surface area (Å²) in [4.78, 5) is 10.7. The average Bonchev–Trinajstić information content (AvgIpc) is 2.59. The molecule has 1 saturated carbocycles. The van der Waals surface area contributed by atoms with Gasteiger partial charge in [-0.25, -0.2) is 0 Å². The smallest absolute Gasteiger partial charge is 0.157 e. The number of rotatable bonds is 2. The number of hydrogen-bond donors (Lipinski definition) is 1. The molecule has 0 aromatic carbocycles. The highest BCUT2D eigenvalue weighted by Crippen LogP contribution is 2.23. The van der Waals surface area contributed by atoms with Crippen LogP contribution in [0.3, 0.4) is 0 Å². The van der Waals surface area contributed by atoms with Crippen molar-refractivity contribution in [2.24, 2.45) is 0 Å². The first-order chi connectivity index (χ1) is 4.84. The Bertz CT molecular complexity index is 191. The molecular weight excluding hydrogens is 126 g/mol. The van der Waals surface area contributed by atoms with Gasteiger partial charge in [0.1, 0.15) is 0 Å². The van der Waals surface area contributed by atoms with Crippen LogP contribution in [0, 0.1) is 0 Å². The van der Waals surface area contributed by atoms with E-state index in [1.165, 1.54) is 12.8 Å². The molecule has 2 aliphatic rings. The summed E-state index contributed by atoms with van der Waals surface area (Å²) in [7, 11) is 0. The van der Waals surface area contributed by atoms with Gasteiger partial charge in [-0.3, -0.25) is 4.79 Å². The van der Waals surface area contributed by atoms with Crippen molar-refractivity contribution in [3.63, 3.8) is 0 Å². The predicted molar refractivity (Wildman–Crippen MR) is 38.5 cm³/mol. The molecular formula is C8H11NO. The van der Waals surface area contributed by atoms with Crippen LogP contribution in [0.15, 0.2) is 11.8 Å². The number of ketones is 1. The van der Waals surface area contributed by atoms with Crippen molar-refractivity contribution in [2.75, 3.05) is 0 Å². The molecule has 0 spiro atoms. The summed E-state index contributed by atoms with van der Waals surface area (Å²) in [5, 5.41) is 3.32. The normalized spacial score (nSPS) is 24.8. The first-order valence-electron chi connectivity index (χ1n) is 3.84. The zero-order valence-electron chi connectivity index (χ0n) is 5.89. The highest BCUT2D eigenvalue weighted by Gasteiger charge is 2.23. The van der Waals surface area contributed by atoms with Crippen LogP contribution in [0.5, 0.6) is 0 Å². The molecule has 0 aromatic heterocycles. The molecule has 0 amide bonds.